The highest BCUT2D eigenvalue weighted by atomic mass is 19.3. The molecule has 0 saturated heterocycles. The summed E-state index contributed by atoms with van der Waals surface area (Å²) in [6.07, 6.45) is 0.618. The van der Waals surface area contributed by atoms with Crippen molar-refractivity contribution in [1.29, 1.82) is 0 Å². The maximum Gasteiger partial charge on any atom is 0.387 e. The molecule has 0 aliphatic rings. The van der Waals surface area contributed by atoms with E-state index >= 15 is 0 Å². The average molecular weight is 302 g/mol. The van der Waals surface area contributed by atoms with E-state index in [-0.39, 0.29) is 30.9 Å². The molecule has 0 bridgehead atoms. The topological polar surface area (TPSA) is 70.6 Å². The zero-order chi connectivity index (χ0) is 15.7. The second kappa shape index (κ2) is 9.12. The lowest BCUT2D eigenvalue weighted by molar-refractivity contribution is -0.0498. The highest BCUT2D eigenvalue weighted by molar-refractivity contribution is 5.73. The SMILES string of the molecule is CC(CCO)CNC(=O)NCc1cccc(OC(F)F)c1. The van der Waals surface area contributed by atoms with E-state index in [2.05, 4.69) is 15.4 Å². The van der Waals surface area contributed by atoms with Crippen LogP contribution in [0.5, 0.6) is 5.75 Å². The number of ether oxygens (including phenoxy) is 1. The summed E-state index contributed by atoms with van der Waals surface area (Å²) in [4.78, 5) is 11.6. The van der Waals surface area contributed by atoms with Crippen LogP contribution in [-0.2, 0) is 6.54 Å². The van der Waals surface area contributed by atoms with Crippen molar-refractivity contribution in [1.82, 2.24) is 10.6 Å². The van der Waals surface area contributed by atoms with Gasteiger partial charge in [-0.25, -0.2) is 4.79 Å². The third-order valence-electron chi connectivity index (χ3n) is 2.81. The number of halogens is 2. The van der Waals surface area contributed by atoms with Crippen LogP contribution in [0.25, 0.3) is 0 Å². The van der Waals surface area contributed by atoms with Crippen LogP contribution in [0.2, 0.25) is 0 Å². The molecular weight excluding hydrogens is 282 g/mol. The van der Waals surface area contributed by atoms with Crippen LogP contribution >= 0.6 is 0 Å². The Balaban J connectivity index is 2.35. The third-order valence-corrected chi connectivity index (χ3v) is 2.81. The van der Waals surface area contributed by atoms with Crippen LogP contribution in [0.3, 0.4) is 0 Å². The number of urea groups is 1. The highest BCUT2D eigenvalue weighted by Gasteiger charge is 2.07. The number of hydrogen-bond donors (Lipinski definition) is 3. The first kappa shape index (κ1) is 17.2. The molecule has 0 fully saturated rings. The van der Waals surface area contributed by atoms with Crippen LogP contribution in [-0.4, -0.2) is 30.9 Å². The lowest BCUT2D eigenvalue weighted by Gasteiger charge is -2.12. The van der Waals surface area contributed by atoms with Crippen molar-refractivity contribution in [2.75, 3.05) is 13.2 Å². The Labute approximate surface area is 122 Å². The first-order valence-electron chi connectivity index (χ1n) is 6.67. The smallest absolute Gasteiger partial charge is 0.387 e. The van der Waals surface area contributed by atoms with Gasteiger partial charge in [0.25, 0.3) is 0 Å². The lowest BCUT2D eigenvalue weighted by atomic mass is 10.1. The highest BCUT2D eigenvalue weighted by Crippen LogP contribution is 2.15. The number of benzene rings is 1. The summed E-state index contributed by atoms with van der Waals surface area (Å²) in [5.41, 5.74) is 0.659. The molecule has 0 spiro atoms. The van der Waals surface area contributed by atoms with Gasteiger partial charge in [-0.2, -0.15) is 8.78 Å². The molecule has 7 heteroatoms. The van der Waals surface area contributed by atoms with Crippen LogP contribution in [0.4, 0.5) is 13.6 Å². The number of carbonyl (C=O) groups excluding carboxylic acids is 1. The number of hydrogen-bond acceptors (Lipinski definition) is 3. The molecule has 1 unspecified atom stereocenters. The number of aliphatic hydroxyl groups excluding tert-OH is 1. The number of nitrogens with one attached hydrogen (secondary N) is 2. The van der Waals surface area contributed by atoms with E-state index in [1.807, 2.05) is 6.92 Å². The van der Waals surface area contributed by atoms with E-state index in [9.17, 15) is 13.6 Å². The van der Waals surface area contributed by atoms with Crippen molar-refractivity contribution in [3.63, 3.8) is 0 Å². The summed E-state index contributed by atoms with van der Waals surface area (Å²) in [5.74, 6) is 0.241. The first-order chi connectivity index (χ1) is 10.0. The van der Waals surface area contributed by atoms with E-state index < -0.39 is 6.61 Å². The average Bonchev–Trinajstić information content (AvgIpc) is 2.43. The summed E-state index contributed by atoms with van der Waals surface area (Å²) in [6, 6.07) is 5.80. The maximum absolute atomic E-state index is 12.1. The van der Waals surface area contributed by atoms with Gasteiger partial charge in [0, 0.05) is 19.7 Å². The molecule has 0 aromatic heterocycles. The molecule has 0 aliphatic carbocycles. The van der Waals surface area contributed by atoms with Gasteiger partial charge in [0.15, 0.2) is 0 Å². The van der Waals surface area contributed by atoms with Gasteiger partial charge < -0.3 is 20.5 Å². The number of carbonyl (C=O) groups is 1. The molecule has 5 nitrogen and oxygen atoms in total. The summed E-state index contributed by atoms with van der Waals surface area (Å²) in [5, 5.41) is 14.0. The van der Waals surface area contributed by atoms with Gasteiger partial charge in [-0.3, -0.25) is 0 Å². The van der Waals surface area contributed by atoms with E-state index in [1.165, 1.54) is 12.1 Å². The number of amides is 2. The van der Waals surface area contributed by atoms with Crippen molar-refractivity contribution < 1.29 is 23.4 Å². The van der Waals surface area contributed by atoms with Gasteiger partial charge in [0.05, 0.1) is 0 Å². The quantitative estimate of drug-likeness (QED) is 0.689. The van der Waals surface area contributed by atoms with E-state index in [0.29, 0.717) is 18.5 Å². The standard InChI is InChI=1S/C14H20F2N2O3/c1-10(5-6-19)8-17-14(20)18-9-11-3-2-4-12(7-11)21-13(15)16/h2-4,7,10,13,19H,5-6,8-9H2,1H3,(H2,17,18,20). The Morgan fingerprint density at radius 1 is 1.38 bits per heavy atom. The molecule has 1 aromatic carbocycles. The predicted molar refractivity (Wildman–Crippen MR) is 74.2 cm³/mol. The van der Waals surface area contributed by atoms with Crippen LogP contribution in [0.1, 0.15) is 18.9 Å². The molecule has 0 saturated carbocycles. The predicted octanol–water partition coefficient (Wildman–Crippen LogP) is 2.11. The number of aliphatic hydroxyl groups is 1. The fourth-order valence-electron chi connectivity index (χ4n) is 1.67. The second-order valence-electron chi connectivity index (χ2n) is 4.71. The fraction of sp³-hybridized carbons (Fsp3) is 0.500. The van der Waals surface area contributed by atoms with Gasteiger partial charge in [0.2, 0.25) is 0 Å². The number of alkyl halides is 2. The molecule has 21 heavy (non-hydrogen) atoms. The molecule has 118 valence electrons. The first-order valence-corrected chi connectivity index (χ1v) is 6.67. The molecule has 3 N–H and O–H groups in total. The minimum absolute atomic E-state index is 0.0567. The monoisotopic (exact) mass is 302 g/mol. The number of rotatable bonds is 8. The zero-order valence-electron chi connectivity index (χ0n) is 11.8. The molecule has 2 amide bonds. The fourth-order valence-corrected chi connectivity index (χ4v) is 1.67. The minimum Gasteiger partial charge on any atom is -0.435 e. The Morgan fingerprint density at radius 2 is 2.14 bits per heavy atom. The normalized spacial score (nSPS) is 12.0. The summed E-state index contributed by atoms with van der Waals surface area (Å²) in [6.45, 7) is -0.200. The summed E-state index contributed by atoms with van der Waals surface area (Å²) < 4.78 is 28.5. The van der Waals surface area contributed by atoms with Gasteiger partial charge in [-0.1, -0.05) is 19.1 Å². The van der Waals surface area contributed by atoms with Crippen LogP contribution < -0.4 is 15.4 Å². The molecule has 1 aromatic rings. The maximum atomic E-state index is 12.1. The van der Waals surface area contributed by atoms with E-state index in [4.69, 9.17) is 5.11 Å². The molecule has 0 aliphatic heterocycles. The van der Waals surface area contributed by atoms with Crippen LogP contribution in [0.15, 0.2) is 24.3 Å². The Kier molecular flexibility index (Phi) is 7.45. The Bertz CT molecular complexity index is 444. The Hall–Kier alpha value is -1.89. The van der Waals surface area contributed by atoms with E-state index in [1.54, 1.807) is 12.1 Å². The van der Waals surface area contributed by atoms with Gasteiger partial charge in [-0.05, 0) is 30.0 Å². The van der Waals surface area contributed by atoms with Crippen molar-refractivity contribution in [3.05, 3.63) is 29.8 Å². The minimum atomic E-state index is -2.87. The van der Waals surface area contributed by atoms with Crippen LogP contribution in [0, 0.1) is 5.92 Å². The molecule has 0 heterocycles. The van der Waals surface area contributed by atoms with Crippen molar-refractivity contribution in [3.8, 4) is 5.75 Å². The van der Waals surface area contributed by atoms with Crippen molar-refractivity contribution in [2.24, 2.45) is 5.92 Å². The van der Waals surface area contributed by atoms with Crippen molar-refractivity contribution >= 4 is 6.03 Å². The van der Waals surface area contributed by atoms with E-state index in [0.717, 1.165) is 0 Å². The zero-order valence-corrected chi connectivity index (χ0v) is 11.8. The molecule has 0 radical (unpaired) electrons. The summed E-state index contributed by atoms with van der Waals surface area (Å²) in [7, 11) is 0. The second-order valence-corrected chi connectivity index (χ2v) is 4.71. The van der Waals surface area contributed by atoms with Gasteiger partial charge >= 0.3 is 12.6 Å². The lowest BCUT2D eigenvalue weighted by Crippen LogP contribution is -2.37. The molecular formula is C14H20F2N2O3. The summed E-state index contributed by atoms with van der Waals surface area (Å²) >= 11 is 0. The van der Waals surface area contributed by atoms with Crippen molar-refractivity contribution in [2.45, 2.75) is 26.5 Å². The third kappa shape index (κ3) is 7.45. The molecule has 1 atom stereocenters. The van der Waals surface area contributed by atoms with Gasteiger partial charge in [-0.15, -0.1) is 0 Å². The molecule has 1 rings (SSSR count). The largest absolute Gasteiger partial charge is 0.435 e. The Morgan fingerprint density at radius 3 is 2.81 bits per heavy atom. The van der Waals surface area contributed by atoms with Gasteiger partial charge in [0.1, 0.15) is 5.75 Å².